The molecule has 14 heavy (non-hydrogen) atoms. The smallest absolute Gasteiger partial charge is 0.0826 e. The van der Waals surface area contributed by atoms with E-state index in [0.29, 0.717) is 12.1 Å². The summed E-state index contributed by atoms with van der Waals surface area (Å²) < 4.78 is 5.69. The van der Waals surface area contributed by atoms with E-state index in [1.807, 2.05) is 0 Å². The zero-order valence-corrected chi connectivity index (χ0v) is 9.33. The molecule has 0 aromatic heterocycles. The van der Waals surface area contributed by atoms with Crippen LogP contribution in [0, 0.1) is 5.92 Å². The first-order valence-electron chi connectivity index (χ1n) is 5.79. The third-order valence-corrected chi connectivity index (χ3v) is 3.34. The Hall–Kier alpha value is -0.120. The molecule has 82 valence electrons. The first kappa shape index (κ1) is 10.4. The first-order chi connectivity index (χ1) is 6.75. The molecule has 2 atom stereocenters. The summed E-state index contributed by atoms with van der Waals surface area (Å²) in [4.78, 5) is 2.34. The van der Waals surface area contributed by atoms with Crippen molar-refractivity contribution in [3.63, 3.8) is 0 Å². The summed E-state index contributed by atoms with van der Waals surface area (Å²) in [6.07, 6.45) is 3.23. The van der Waals surface area contributed by atoms with Crippen LogP contribution in [0.3, 0.4) is 0 Å². The molecule has 3 heteroatoms. The van der Waals surface area contributed by atoms with Gasteiger partial charge in [0.1, 0.15) is 0 Å². The predicted octanol–water partition coefficient (Wildman–Crippen LogP) is 0.705. The van der Waals surface area contributed by atoms with E-state index in [1.165, 1.54) is 12.8 Å². The lowest BCUT2D eigenvalue weighted by molar-refractivity contribution is -0.0193. The molecule has 0 aromatic rings. The Morgan fingerprint density at radius 2 is 2.29 bits per heavy atom. The van der Waals surface area contributed by atoms with Gasteiger partial charge in [-0.2, -0.15) is 0 Å². The molecule has 0 radical (unpaired) electrons. The number of hydrogen-bond acceptors (Lipinski definition) is 3. The van der Waals surface area contributed by atoms with Crippen LogP contribution in [0.4, 0.5) is 0 Å². The Bertz CT molecular complexity index is 182. The molecule has 1 heterocycles. The van der Waals surface area contributed by atoms with Crippen molar-refractivity contribution in [1.29, 1.82) is 0 Å². The van der Waals surface area contributed by atoms with Gasteiger partial charge in [0.2, 0.25) is 0 Å². The minimum Gasteiger partial charge on any atom is -0.374 e. The zero-order chi connectivity index (χ0) is 9.97. The summed E-state index contributed by atoms with van der Waals surface area (Å²) in [6.45, 7) is 6.35. The highest BCUT2D eigenvalue weighted by Crippen LogP contribution is 2.32. The van der Waals surface area contributed by atoms with E-state index in [4.69, 9.17) is 4.74 Å². The van der Waals surface area contributed by atoms with Crippen molar-refractivity contribution < 1.29 is 4.74 Å². The SMILES string of the molecule is C[C@@H](NC[C@@H]1CN(C)CCO1)C1CC1. The van der Waals surface area contributed by atoms with Gasteiger partial charge in [0.25, 0.3) is 0 Å². The van der Waals surface area contributed by atoms with E-state index in [2.05, 4.69) is 24.2 Å². The Morgan fingerprint density at radius 1 is 1.50 bits per heavy atom. The van der Waals surface area contributed by atoms with Crippen molar-refractivity contribution in [1.82, 2.24) is 10.2 Å². The van der Waals surface area contributed by atoms with Crippen LogP contribution in [0.25, 0.3) is 0 Å². The molecule has 0 unspecified atom stereocenters. The van der Waals surface area contributed by atoms with Gasteiger partial charge in [-0.25, -0.2) is 0 Å². The van der Waals surface area contributed by atoms with Crippen LogP contribution >= 0.6 is 0 Å². The Labute approximate surface area is 86.8 Å². The lowest BCUT2D eigenvalue weighted by Gasteiger charge is -2.31. The molecule has 2 fully saturated rings. The normalized spacial score (nSPS) is 31.7. The molecule has 2 aliphatic rings. The fraction of sp³-hybridized carbons (Fsp3) is 1.00. The molecule has 3 nitrogen and oxygen atoms in total. The van der Waals surface area contributed by atoms with E-state index < -0.39 is 0 Å². The monoisotopic (exact) mass is 198 g/mol. The van der Waals surface area contributed by atoms with Gasteiger partial charge in [-0.3, -0.25) is 0 Å². The van der Waals surface area contributed by atoms with E-state index in [-0.39, 0.29) is 0 Å². The number of rotatable bonds is 4. The topological polar surface area (TPSA) is 24.5 Å². The molecule has 0 bridgehead atoms. The van der Waals surface area contributed by atoms with Gasteiger partial charge >= 0.3 is 0 Å². The van der Waals surface area contributed by atoms with Crippen LogP contribution in [-0.2, 0) is 4.74 Å². The zero-order valence-electron chi connectivity index (χ0n) is 9.33. The van der Waals surface area contributed by atoms with Crippen LogP contribution in [0.1, 0.15) is 19.8 Å². The molecule has 0 aromatic carbocycles. The van der Waals surface area contributed by atoms with Gasteiger partial charge in [-0.15, -0.1) is 0 Å². The van der Waals surface area contributed by atoms with Gasteiger partial charge in [-0.1, -0.05) is 0 Å². The number of nitrogens with zero attached hydrogens (tertiary/aromatic N) is 1. The van der Waals surface area contributed by atoms with Crippen LogP contribution < -0.4 is 5.32 Å². The lowest BCUT2D eigenvalue weighted by Crippen LogP contribution is -2.46. The Balaban J connectivity index is 1.63. The molecule has 1 N–H and O–H groups in total. The molecule has 1 aliphatic carbocycles. The fourth-order valence-corrected chi connectivity index (χ4v) is 2.07. The second kappa shape index (κ2) is 4.60. The van der Waals surface area contributed by atoms with Gasteiger partial charge in [0, 0.05) is 25.7 Å². The largest absolute Gasteiger partial charge is 0.374 e. The second-order valence-electron chi connectivity index (χ2n) is 4.79. The summed E-state index contributed by atoms with van der Waals surface area (Å²) in [6, 6.07) is 0.686. The maximum atomic E-state index is 5.69. The molecule has 1 aliphatic heterocycles. The third kappa shape index (κ3) is 2.94. The first-order valence-corrected chi connectivity index (χ1v) is 5.79. The van der Waals surface area contributed by atoms with E-state index in [9.17, 15) is 0 Å². The molecule has 2 rings (SSSR count). The van der Waals surface area contributed by atoms with Crippen molar-refractivity contribution >= 4 is 0 Å². The van der Waals surface area contributed by atoms with Gasteiger partial charge in [-0.05, 0) is 32.7 Å². The molecule has 1 saturated carbocycles. The summed E-state index contributed by atoms with van der Waals surface area (Å²) in [5.41, 5.74) is 0. The maximum absolute atomic E-state index is 5.69. The van der Waals surface area contributed by atoms with Crippen molar-refractivity contribution in [2.24, 2.45) is 5.92 Å². The van der Waals surface area contributed by atoms with Crippen molar-refractivity contribution in [3.8, 4) is 0 Å². The standard InChI is InChI=1S/C11H22N2O/c1-9(10-3-4-10)12-7-11-8-13(2)5-6-14-11/h9-12H,3-8H2,1-2H3/t9-,11-/m1/s1. The molecule has 0 spiro atoms. The minimum absolute atomic E-state index is 0.398. The lowest BCUT2D eigenvalue weighted by atomic mass is 10.2. The van der Waals surface area contributed by atoms with Crippen LogP contribution in [-0.4, -0.2) is 50.3 Å². The van der Waals surface area contributed by atoms with Crippen molar-refractivity contribution in [3.05, 3.63) is 0 Å². The Morgan fingerprint density at radius 3 is 2.93 bits per heavy atom. The minimum atomic E-state index is 0.398. The summed E-state index contributed by atoms with van der Waals surface area (Å²) in [5, 5.41) is 3.58. The quantitative estimate of drug-likeness (QED) is 0.720. The number of nitrogens with one attached hydrogen (secondary N) is 1. The number of morpholine rings is 1. The van der Waals surface area contributed by atoms with Gasteiger partial charge < -0.3 is 15.0 Å². The maximum Gasteiger partial charge on any atom is 0.0826 e. The number of likely N-dealkylation sites (N-methyl/N-ethyl adjacent to an activating group) is 1. The van der Waals surface area contributed by atoms with Crippen LogP contribution in [0.15, 0.2) is 0 Å². The average Bonchev–Trinajstić information content (AvgIpc) is 2.97. The van der Waals surface area contributed by atoms with Crippen LogP contribution in [0.2, 0.25) is 0 Å². The third-order valence-electron chi connectivity index (χ3n) is 3.34. The summed E-state index contributed by atoms with van der Waals surface area (Å²) in [5.74, 6) is 0.941. The highest BCUT2D eigenvalue weighted by molar-refractivity contribution is 4.84. The molecular weight excluding hydrogens is 176 g/mol. The molecule has 0 amide bonds. The van der Waals surface area contributed by atoms with E-state index in [1.54, 1.807) is 0 Å². The highest BCUT2D eigenvalue weighted by atomic mass is 16.5. The predicted molar refractivity (Wildman–Crippen MR) is 57.4 cm³/mol. The average molecular weight is 198 g/mol. The molecule has 1 saturated heterocycles. The van der Waals surface area contributed by atoms with Gasteiger partial charge in [0.05, 0.1) is 12.7 Å². The Kier molecular flexibility index (Phi) is 3.42. The number of ether oxygens (including phenoxy) is 1. The van der Waals surface area contributed by atoms with Crippen LogP contribution in [0.5, 0.6) is 0 Å². The second-order valence-corrected chi connectivity index (χ2v) is 4.79. The van der Waals surface area contributed by atoms with Crippen molar-refractivity contribution in [2.75, 3.05) is 33.3 Å². The van der Waals surface area contributed by atoms with Gasteiger partial charge in [0.15, 0.2) is 0 Å². The van der Waals surface area contributed by atoms with Crippen molar-refractivity contribution in [2.45, 2.75) is 31.9 Å². The summed E-state index contributed by atoms with van der Waals surface area (Å²) >= 11 is 0. The highest BCUT2D eigenvalue weighted by Gasteiger charge is 2.28. The molecular formula is C11H22N2O. The number of hydrogen-bond donors (Lipinski definition) is 1. The summed E-state index contributed by atoms with van der Waals surface area (Å²) in [7, 11) is 2.17. The van der Waals surface area contributed by atoms with E-state index in [0.717, 1.165) is 32.2 Å². The fourth-order valence-electron chi connectivity index (χ4n) is 2.07. The van der Waals surface area contributed by atoms with E-state index >= 15 is 0 Å².